The summed E-state index contributed by atoms with van der Waals surface area (Å²) >= 11 is 0. The molecule has 0 atom stereocenters. The van der Waals surface area contributed by atoms with Crippen molar-refractivity contribution in [1.82, 2.24) is 4.90 Å². The van der Waals surface area contributed by atoms with Gasteiger partial charge in [0.25, 0.3) is 0 Å². The van der Waals surface area contributed by atoms with Gasteiger partial charge in [-0.25, -0.2) is 9.59 Å². The second kappa shape index (κ2) is 6.56. The van der Waals surface area contributed by atoms with Crippen LogP contribution in [0.1, 0.15) is 15.9 Å². The zero-order valence-corrected chi connectivity index (χ0v) is 11.6. The zero-order chi connectivity index (χ0) is 15.2. The van der Waals surface area contributed by atoms with E-state index in [1.54, 1.807) is 19.2 Å². The van der Waals surface area contributed by atoms with Gasteiger partial charge in [0, 0.05) is 19.3 Å². The molecule has 0 spiro atoms. The number of nitrogens with zero attached hydrogens (tertiary/aromatic N) is 1. The van der Waals surface area contributed by atoms with E-state index in [4.69, 9.17) is 5.11 Å². The van der Waals surface area contributed by atoms with Crippen LogP contribution in [0.2, 0.25) is 0 Å². The Bertz CT molecular complexity index is 641. The predicted molar refractivity (Wildman–Crippen MR) is 80.3 cm³/mol. The summed E-state index contributed by atoms with van der Waals surface area (Å²) in [6.07, 6.45) is 0. The summed E-state index contributed by atoms with van der Waals surface area (Å²) < 4.78 is 0. The number of carboxylic acid groups (broad SMARTS) is 1. The number of urea groups is 1. The van der Waals surface area contributed by atoms with Crippen LogP contribution in [0.5, 0.6) is 0 Å². The first-order valence-corrected chi connectivity index (χ1v) is 6.45. The molecule has 2 amide bonds. The van der Waals surface area contributed by atoms with E-state index < -0.39 is 5.97 Å². The summed E-state index contributed by atoms with van der Waals surface area (Å²) in [6, 6.07) is 15.5. The van der Waals surface area contributed by atoms with Crippen LogP contribution in [0.3, 0.4) is 0 Å². The number of hydrogen-bond donors (Lipinski definition) is 2. The standard InChI is InChI=1S/C16H16N2O3/c1-18(11-12-6-3-2-4-7-12)16(21)17-14-9-5-8-13(10-14)15(19)20/h2-10H,11H2,1H3,(H,17,21)(H,19,20). The van der Waals surface area contributed by atoms with Crippen LogP contribution < -0.4 is 5.32 Å². The second-order valence-corrected chi connectivity index (χ2v) is 4.66. The molecule has 0 aromatic heterocycles. The lowest BCUT2D eigenvalue weighted by Gasteiger charge is -2.18. The molecule has 2 aromatic carbocycles. The third-order valence-electron chi connectivity index (χ3n) is 2.97. The number of carboxylic acids is 1. The molecule has 0 radical (unpaired) electrons. The monoisotopic (exact) mass is 284 g/mol. The Morgan fingerprint density at radius 3 is 2.48 bits per heavy atom. The van der Waals surface area contributed by atoms with E-state index in [0.717, 1.165) is 5.56 Å². The Morgan fingerprint density at radius 2 is 1.81 bits per heavy atom. The number of hydrogen-bond acceptors (Lipinski definition) is 2. The molecule has 108 valence electrons. The van der Waals surface area contributed by atoms with Gasteiger partial charge in [0.05, 0.1) is 5.56 Å². The molecule has 2 rings (SSSR count). The minimum absolute atomic E-state index is 0.138. The molecule has 0 saturated heterocycles. The van der Waals surface area contributed by atoms with Gasteiger partial charge in [0.1, 0.15) is 0 Å². The lowest BCUT2D eigenvalue weighted by Crippen LogP contribution is -2.30. The lowest BCUT2D eigenvalue weighted by molar-refractivity contribution is 0.0697. The fraction of sp³-hybridized carbons (Fsp3) is 0.125. The van der Waals surface area contributed by atoms with E-state index in [-0.39, 0.29) is 11.6 Å². The van der Waals surface area contributed by atoms with Crippen molar-refractivity contribution >= 4 is 17.7 Å². The molecule has 2 aromatic rings. The molecule has 5 heteroatoms. The van der Waals surface area contributed by atoms with E-state index in [2.05, 4.69) is 5.32 Å². The Hall–Kier alpha value is -2.82. The van der Waals surface area contributed by atoms with Crippen molar-refractivity contribution in [2.24, 2.45) is 0 Å². The molecule has 0 heterocycles. The van der Waals surface area contributed by atoms with Gasteiger partial charge in [-0.3, -0.25) is 0 Å². The molecular weight excluding hydrogens is 268 g/mol. The summed E-state index contributed by atoms with van der Waals surface area (Å²) in [6.45, 7) is 0.477. The molecule has 0 saturated carbocycles. The molecule has 0 bridgehead atoms. The van der Waals surface area contributed by atoms with Crippen LogP contribution in [0.25, 0.3) is 0 Å². The number of anilines is 1. The number of amides is 2. The van der Waals surface area contributed by atoms with E-state index in [1.807, 2.05) is 30.3 Å². The number of carbonyl (C=O) groups excluding carboxylic acids is 1. The lowest BCUT2D eigenvalue weighted by atomic mass is 10.2. The first kappa shape index (κ1) is 14.6. The Balaban J connectivity index is 2.00. The maximum absolute atomic E-state index is 12.1. The predicted octanol–water partition coefficient (Wildman–Crippen LogP) is 3.05. The van der Waals surface area contributed by atoms with Crippen LogP contribution >= 0.6 is 0 Å². The second-order valence-electron chi connectivity index (χ2n) is 4.66. The highest BCUT2D eigenvalue weighted by molar-refractivity contribution is 5.93. The maximum atomic E-state index is 12.1. The van der Waals surface area contributed by atoms with E-state index in [0.29, 0.717) is 12.2 Å². The van der Waals surface area contributed by atoms with E-state index >= 15 is 0 Å². The Morgan fingerprint density at radius 1 is 1.10 bits per heavy atom. The quantitative estimate of drug-likeness (QED) is 0.906. The van der Waals surface area contributed by atoms with Crippen LogP contribution in [-0.2, 0) is 6.54 Å². The smallest absolute Gasteiger partial charge is 0.335 e. The van der Waals surface area contributed by atoms with Gasteiger partial charge >= 0.3 is 12.0 Å². The fourth-order valence-corrected chi connectivity index (χ4v) is 1.88. The zero-order valence-electron chi connectivity index (χ0n) is 11.6. The third-order valence-corrected chi connectivity index (χ3v) is 2.97. The normalized spacial score (nSPS) is 9.95. The molecule has 21 heavy (non-hydrogen) atoms. The minimum Gasteiger partial charge on any atom is -0.478 e. The number of benzene rings is 2. The van der Waals surface area contributed by atoms with Gasteiger partial charge in [0.2, 0.25) is 0 Å². The topological polar surface area (TPSA) is 69.6 Å². The van der Waals surface area contributed by atoms with E-state index in [1.165, 1.54) is 17.0 Å². The van der Waals surface area contributed by atoms with Gasteiger partial charge in [-0.2, -0.15) is 0 Å². The van der Waals surface area contributed by atoms with Gasteiger partial charge in [-0.05, 0) is 23.8 Å². The Kier molecular flexibility index (Phi) is 4.56. The molecular formula is C16H16N2O3. The van der Waals surface area contributed by atoms with Gasteiger partial charge in [-0.1, -0.05) is 36.4 Å². The first-order valence-electron chi connectivity index (χ1n) is 6.45. The van der Waals surface area contributed by atoms with E-state index in [9.17, 15) is 9.59 Å². The Labute approximate surface area is 122 Å². The molecule has 0 aliphatic carbocycles. The number of nitrogens with one attached hydrogen (secondary N) is 1. The van der Waals surface area contributed by atoms with Crippen molar-refractivity contribution < 1.29 is 14.7 Å². The number of carbonyl (C=O) groups is 2. The van der Waals surface area contributed by atoms with Crippen LogP contribution in [0, 0.1) is 0 Å². The number of rotatable bonds is 4. The number of aromatic carboxylic acids is 1. The highest BCUT2D eigenvalue weighted by Gasteiger charge is 2.10. The van der Waals surface area contributed by atoms with Crippen molar-refractivity contribution in [1.29, 1.82) is 0 Å². The average molecular weight is 284 g/mol. The summed E-state index contributed by atoms with van der Waals surface area (Å²) in [5, 5.41) is 11.6. The van der Waals surface area contributed by atoms with Gasteiger partial charge < -0.3 is 15.3 Å². The van der Waals surface area contributed by atoms with Crippen molar-refractivity contribution in [2.75, 3.05) is 12.4 Å². The van der Waals surface area contributed by atoms with Crippen LogP contribution in [-0.4, -0.2) is 29.1 Å². The van der Waals surface area contributed by atoms with Crippen molar-refractivity contribution in [3.05, 3.63) is 65.7 Å². The fourth-order valence-electron chi connectivity index (χ4n) is 1.88. The molecule has 0 aliphatic rings. The van der Waals surface area contributed by atoms with Crippen molar-refractivity contribution in [3.8, 4) is 0 Å². The summed E-state index contributed by atoms with van der Waals surface area (Å²) in [5.41, 5.74) is 1.62. The van der Waals surface area contributed by atoms with Crippen molar-refractivity contribution in [3.63, 3.8) is 0 Å². The first-order chi connectivity index (χ1) is 10.1. The molecule has 0 fully saturated rings. The molecule has 5 nitrogen and oxygen atoms in total. The maximum Gasteiger partial charge on any atom is 0.335 e. The molecule has 2 N–H and O–H groups in total. The van der Waals surface area contributed by atoms with Crippen molar-refractivity contribution in [2.45, 2.75) is 6.54 Å². The van der Waals surface area contributed by atoms with Gasteiger partial charge in [0.15, 0.2) is 0 Å². The summed E-state index contributed by atoms with van der Waals surface area (Å²) in [5.74, 6) is -1.02. The molecule has 0 unspecified atom stereocenters. The highest BCUT2D eigenvalue weighted by atomic mass is 16.4. The van der Waals surface area contributed by atoms with Gasteiger partial charge in [-0.15, -0.1) is 0 Å². The highest BCUT2D eigenvalue weighted by Crippen LogP contribution is 2.12. The third kappa shape index (κ3) is 4.07. The summed E-state index contributed by atoms with van der Waals surface area (Å²) in [4.78, 5) is 24.5. The SMILES string of the molecule is CN(Cc1ccccc1)C(=O)Nc1cccc(C(=O)O)c1. The average Bonchev–Trinajstić information content (AvgIpc) is 2.48. The molecule has 0 aliphatic heterocycles. The van der Waals surface area contributed by atoms with Crippen LogP contribution in [0.4, 0.5) is 10.5 Å². The minimum atomic E-state index is -1.02. The summed E-state index contributed by atoms with van der Waals surface area (Å²) in [7, 11) is 1.68. The van der Waals surface area contributed by atoms with Crippen LogP contribution in [0.15, 0.2) is 54.6 Å². The largest absolute Gasteiger partial charge is 0.478 e.